The molecule has 1 aliphatic heterocycles. The molecular formula is C12H16N2O3. The highest BCUT2D eigenvalue weighted by atomic mass is 16.6. The lowest BCUT2D eigenvalue weighted by Crippen LogP contribution is -2.26. The molecule has 5 nitrogen and oxygen atoms in total. The average molecular weight is 236 g/mol. The van der Waals surface area contributed by atoms with Crippen LogP contribution in [0.4, 0.5) is 5.82 Å². The van der Waals surface area contributed by atoms with E-state index in [1.165, 1.54) is 0 Å². The number of aromatic nitrogens is 1. The lowest BCUT2D eigenvalue weighted by molar-refractivity contribution is -0.0302. The van der Waals surface area contributed by atoms with Gasteiger partial charge in [-0.1, -0.05) is 6.07 Å². The third-order valence-electron chi connectivity index (χ3n) is 2.65. The number of esters is 1. The van der Waals surface area contributed by atoms with E-state index in [1.54, 1.807) is 18.2 Å². The van der Waals surface area contributed by atoms with Crippen molar-refractivity contribution >= 4 is 11.8 Å². The van der Waals surface area contributed by atoms with Gasteiger partial charge >= 0.3 is 5.97 Å². The van der Waals surface area contributed by atoms with E-state index in [0.29, 0.717) is 5.82 Å². The molecular weight excluding hydrogens is 220 g/mol. The number of ether oxygens (including phenoxy) is 2. The molecule has 1 unspecified atom stereocenters. The summed E-state index contributed by atoms with van der Waals surface area (Å²) in [5, 5.41) is 0. The number of carbonyl (C=O) groups excluding carboxylic acids is 1. The van der Waals surface area contributed by atoms with Crippen molar-refractivity contribution in [3.05, 3.63) is 23.9 Å². The summed E-state index contributed by atoms with van der Waals surface area (Å²) < 4.78 is 10.6. The molecule has 0 radical (unpaired) electrons. The van der Waals surface area contributed by atoms with E-state index in [1.807, 2.05) is 0 Å². The van der Waals surface area contributed by atoms with E-state index in [0.717, 1.165) is 25.9 Å². The summed E-state index contributed by atoms with van der Waals surface area (Å²) in [7, 11) is 0. The topological polar surface area (TPSA) is 74.4 Å². The van der Waals surface area contributed by atoms with Crippen molar-refractivity contribution in [2.24, 2.45) is 0 Å². The normalized spacial score (nSPS) is 19.9. The monoisotopic (exact) mass is 236 g/mol. The van der Waals surface area contributed by atoms with Crippen LogP contribution in [0.5, 0.6) is 0 Å². The van der Waals surface area contributed by atoms with Gasteiger partial charge in [0.05, 0.1) is 6.10 Å². The van der Waals surface area contributed by atoms with Crippen molar-refractivity contribution in [3.8, 4) is 0 Å². The van der Waals surface area contributed by atoms with Gasteiger partial charge in [0.1, 0.15) is 12.4 Å². The molecule has 0 spiro atoms. The predicted octanol–water partition coefficient (Wildman–Crippen LogP) is 1.39. The second-order valence-electron chi connectivity index (χ2n) is 4.03. The number of rotatable bonds is 3. The lowest BCUT2D eigenvalue weighted by Gasteiger charge is -2.21. The lowest BCUT2D eigenvalue weighted by atomic mass is 10.1. The molecule has 1 aromatic heterocycles. The fraction of sp³-hybridized carbons (Fsp3) is 0.500. The number of nitrogens with zero attached hydrogens (tertiary/aromatic N) is 1. The Morgan fingerprint density at radius 1 is 1.53 bits per heavy atom. The Labute approximate surface area is 99.9 Å². The van der Waals surface area contributed by atoms with E-state index >= 15 is 0 Å². The van der Waals surface area contributed by atoms with Crippen molar-refractivity contribution < 1.29 is 14.3 Å². The Hall–Kier alpha value is -1.62. The highest BCUT2D eigenvalue weighted by Crippen LogP contribution is 2.13. The number of anilines is 1. The minimum Gasteiger partial charge on any atom is -0.458 e. The number of pyridine rings is 1. The Balaban J connectivity index is 1.84. The number of nitrogens with two attached hydrogens (primary N) is 1. The molecule has 1 fully saturated rings. The van der Waals surface area contributed by atoms with Crippen molar-refractivity contribution in [2.45, 2.75) is 25.4 Å². The molecule has 17 heavy (non-hydrogen) atoms. The Morgan fingerprint density at radius 3 is 3.12 bits per heavy atom. The smallest absolute Gasteiger partial charge is 0.357 e. The van der Waals surface area contributed by atoms with Crippen LogP contribution in [0.15, 0.2) is 18.2 Å². The second-order valence-corrected chi connectivity index (χ2v) is 4.03. The van der Waals surface area contributed by atoms with Gasteiger partial charge in [-0.05, 0) is 31.4 Å². The first-order chi connectivity index (χ1) is 8.25. The van der Waals surface area contributed by atoms with Gasteiger partial charge in [0, 0.05) is 6.61 Å². The highest BCUT2D eigenvalue weighted by molar-refractivity contribution is 5.87. The minimum atomic E-state index is -0.452. The van der Waals surface area contributed by atoms with Gasteiger partial charge < -0.3 is 15.2 Å². The van der Waals surface area contributed by atoms with Crippen LogP contribution in [0.2, 0.25) is 0 Å². The second kappa shape index (κ2) is 5.63. The maximum absolute atomic E-state index is 11.6. The molecule has 2 heterocycles. The first-order valence-corrected chi connectivity index (χ1v) is 5.77. The number of hydrogen-bond acceptors (Lipinski definition) is 5. The van der Waals surface area contributed by atoms with Gasteiger partial charge in [0.25, 0.3) is 0 Å². The molecule has 1 saturated heterocycles. The van der Waals surface area contributed by atoms with Crippen LogP contribution in [0.1, 0.15) is 29.8 Å². The molecule has 1 aliphatic rings. The standard InChI is InChI=1S/C12H16N2O3/c13-11-6-3-5-10(14-11)12(15)17-8-9-4-1-2-7-16-9/h3,5-6,9H,1-2,4,7-8H2,(H2,13,14). The van der Waals surface area contributed by atoms with Crippen LogP contribution in [0, 0.1) is 0 Å². The third kappa shape index (κ3) is 3.42. The molecule has 1 atom stereocenters. The van der Waals surface area contributed by atoms with E-state index in [4.69, 9.17) is 15.2 Å². The van der Waals surface area contributed by atoms with Gasteiger partial charge in [-0.3, -0.25) is 0 Å². The SMILES string of the molecule is Nc1cccc(C(=O)OCC2CCCCO2)n1. The quantitative estimate of drug-likeness (QED) is 0.803. The highest BCUT2D eigenvalue weighted by Gasteiger charge is 2.17. The average Bonchev–Trinajstić information content (AvgIpc) is 2.37. The van der Waals surface area contributed by atoms with E-state index in [9.17, 15) is 4.79 Å². The number of carbonyl (C=O) groups is 1. The molecule has 1 aromatic rings. The van der Waals surface area contributed by atoms with E-state index < -0.39 is 5.97 Å². The maximum Gasteiger partial charge on any atom is 0.357 e. The van der Waals surface area contributed by atoms with E-state index in [-0.39, 0.29) is 18.4 Å². The summed E-state index contributed by atoms with van der Waals surface area (Å²) in [4.78, 5) is 15.5. The van der Waals surface area contributed by atoms with Crippen LogP contribution >= 0.6 is 0 Å². The molecule has 92 valence electrons. The largest absolute Gasteiger partial charge is 0.458 e. The van der Waals surface area contributed by atoms with Crippen molar-refractivity contribution in [3.63, 3.8) is 0 Å². The van der Waals surface area contributed by atoms with Gasteiger partial charge in [-0.25, -0.2) is 9.78 Å². The summed E-state index contributed by atoms with van der Waals surface area (Å²) in [6, 6.07) is 4.89. The van der Waals surface area contributed by atoms with Gasteiger partial charge in [-0.15, -0.1) is 0 Å². The minimum absolute atomic E-state index is 0.0220. The van der Waals surface area contributed by atoms with Crippen molar-refractivity contribution in [1.29, 1.82) is 0 Å². The Bertz CT molecular complexity index is 389. The molecule has 2 rings (SSSR count). The summed E-state index contributed by atoms with van der Waals surface area (Å²) >= 11 is 0. The van der Waals surface area contributed by atoms with Crippen LogP contribution < -0.4 is 5.73 Å². The summed E-state index contributed by atoms with van der Waals surface area (Å²) in [5.74, 6) is -0.139. The molecule has 0 aromatic carbocycles. The zero-order chi connectivity index (χ0) is 12.1. The van der Waals surface area contributed by atoms with Gasteiger partial charge in [0.2, 0.25) is 0 Å². The zero-order valence-corrected chi connectivity index (χ0v) is 9.59. The van der Waals surface area contributed by atoms with E-state index in [2.05, 4.69) is 4.98 Å². The number of hydrogen-bond donors (Lipinski definition) is 1. The number of nitrogen functional groups attached to an aromatic ring is 1. The molecule has 5 heteroatoms. The molecule has 0 saturated carbocycles. The van der Waals surface area contributed by atoms with Crippen molar-refractivity contribution in [1.82, 2.24) is 4.98 Å². The van der Waals surface area contributed by atoms with Crippen LogP contribution in [0.3, 0.4) is 0 Å². The first-order valence-electron chi connectivity index (χ1n) is 5.77. The third-order valence-corrected chi connectivity index (χ3v) is 2.65. The predicted molar refractivity (Wildman–Crippen MR) is 62.5 cm³/mol. The Morgan fingerprint density at radius 2 is 2.41 bits per heavy atom. The van der Waals surface area contributed by atoms with Gasteiger partial charge in [-0.2, -0.15) is 0 Å². The maximum atomic E-state index is 11.6. The van der Waals surface area contributed by atoms with Crippen LogP contribution in [-0.4, -0.2) is 30.3 Å². The van der Waals surface area contributed by atoms with Crippen LogP contribution in [0.25, 0.3) is 0 Å². The Kier molecular flexibility index (Phi) is 3.93. The molecule has 2 N–H and O–H groups in total. The summed E-state index contributed by atoms with van der Waals surface area (Å²) in [6.45, 7) is 1.04. The van der Waals surface area contributed by atoms with Crippen LogP contribution in [-0.2, 0) is 9.47 Å². The molecule has 0 bridgehead atoms. The molecule has 0 aliphatic carbocycles. The summed E-state index contributed by atoms with van der Waals surface area (Å²) in [6.07, 6.45) is 3.17. The summed E-state index contributed by atoms with van der Waals surface area (Å²) in [5.41, 5.74) is 5.73. The van der Waals surface area contributed by atoms with Gasteiger partial charge in [0.15, 0.2) is 5.69 Å². The van der Waals surface area contributed by atoms with Crippen molar-refractivity contribution in [2.75, 3.05) is 18.9 Å². The first kappa shape index (κ1) is 11.9. The molecule has 0 amide bonds. The zero-order valence-electron chi connectivity index (χ0n) is 9.59. The fourth-order valence-electron chi connectivity index (χ4n) is 1.75. The fourth-order valence-corrected chi connectivity index (χ4v) is 1.75.